The second-order valence-corrected chi connectivity index (χ2v) is 26.1. The third-order valence-corrected chi connectivity index (χ3v) is 18.4. The van der Waals surface area contributed by atoms with Crippen LogP contribution >= 0.6 is 11.6 Å². The highest BCUT2D eigenvalue weighted by molar-refractivity contribution is 6.31. The van der Waals surface area contributed by atoms with Crippen molar-refractivity contribution >= 4 is 82.8 Å². The molecule has 14 amide bonds. The number of hydrogen-bond acceptors (Lipinski definition) is 17. The van der Waals surface area contributed by atoms with Gasteiger partial charge < -0.3 is 66.1 Å². The van der Waals surface area contributed by atoms with Crippen LogP contribution in [0.15, 0.2) is 78.9 Å². The Morgan fingerprint density at radius 2 is 1.16 bits per heavy atom. The van der Waals surface area contributed by atoms with Crippen LogP contribution in [-0.2, 0) is 43.5 Å². The largest absolute Gasteiger partial charge is 0.497 e. The number of carbonyl (C=O) groups excluding carboxylic acids is 11. The average molecular weight is 1310 g/mol. The van der Waals surface area contributed by atoms with E-state index < -0.39 is 70.0 Å². The van der Waals surface area contributed by atoms with Gasteiger partial charge in [0, 0.05) is 79.5 Å². The lowest BCUT2D eigenvalue weighted by molar-refractivity contribution is -0.127. The number of methoxy groups -OCH3 is 2. The predicted molar refractivity (Wildman–Crippen MR) is 338 cm³/mol. The summed E-state index contributed by atoms with van der Waals surface area (Å²) in [6, 6.07) is 23.7. The van der Waals surface area contributed by atoms with Gasteiger partial charge in [-0.2, -0.15) is 5.26 Å². The first-order valence-corrected chi connectivity index (χ1v) is 31.3. The standard InChI is InChI=1S/C25H35N5O6.C25H25N5O4.C15H15ClN4O4/c1-24(2,3)36-23(34)27-17-7-5-16(6-8-17)26-13-25(21(32)28-22(33)29-25)14-30-12-15-11-18(35-4)9-10-19(15)20(30)31;1-34-19-6-7-20-17(12-19)14-30(22(20)31)15-25(23(32)27-24(33)28-25)18-8-10-29(11-9-18)21-5-3-2-4-16(21)13-26;16-9-2-1-8-6-20(12(22)10(8)5-9)7-15(4-3-11(17)21)13(23)18-14(24)19-15/h9-11,16-17,26H,5-8,12-14H2,1-4H3,(H,27,34)(H2,28,29,32,33);2-7,12,18H,8-11,14-15H2,1H3,(H2,27,28,32,33);1-2,5H,3-4,6-7H2,(H2,17,21)(H2,18,19,23,24). The van der Waals surface area contributed by atoms with Crippen molar-refractivity contribution in [2.45, 2.75) is 126 Å². The molecule has 0 radical (unpaired) electrons. The number of imide groups is 3. The zero-order valence-corrected chi connectivity index (χ0v) is 53.4. The fourth-order valence-corrected chi connectivity index (χ4v) is 13.6. The number of rotatable bonds is 17. The molecule has 1 aliphatic carbocycles. The number of para-hydroxylation sites is 1. The molecule has 94 heavy (non-hydrogen) atoms. The van der Waals surface area contributed by atoms with Crippen LogP contribution < -0.4 is 62.6 Å². The van der Waals surface area contributed by atoms with Gasteiger partial charge >= 0.3 is 24.2 Å². The third kappa shape index (κ3) is 14.4. The molecule has 5 fully saturated rings. The molecular formula is C65H75ClN14O14. The van der Waals surface area contributed by atoms with Gasteiger partial charge in [-0.3, -0.25) is 49.5 Å². The van der Waals surface area contributed by atoms with Gasteiger partial charge in [-0.05, 0) is 149 Å². The Labute approximate surface area is 546 Å². The molecule has 496 valence electrons. The van der Waals surface area contributed by atoms with Crippen molar-refractivity contribution in [3.8, 4) is 17.6 Å². The topological polar surface area (TPSA) is 374 Å². The van der Waals surface area contributed by atoms with E-state index in [1.165, 1.54) is 4.90 Å². The van der Waals surface area contributed by atoms with Crippen molar-refractivity contribution < 1.29 is 67.0 Å². The minimum Gasteiger partial charge on any atom is -0.497 e. The Morgan fingerprint density at radius 3 is 1.69 bits per heavy atom. The molecule has 0 aromatic heterocycles. The van der Waals surface area contributed by atoms with Gasteiger partial charge in [0.05, 0.1) is 45.1 Å². The van der Waals surface area contributed by atoms with Crippen LogP contribution in [0.4, 0.5) is 24.9 Å². The molecule has 29 heteroatoms. The van der Waals surface area contributed by atoms with Gasteiger partial charge in [0.1, 0.15) is 34.2 Å². The maximum absolute atomic E-state index is 13.1. The van der Waals surface area contributed by atoms with Crippen LogP contribution in [0.3, 0.4) is 0 Å². The predicted octanol–water partition coefficient (Wildman–Crippen LogP) is 3.81. The molecule has 7 heterocycles. The Bertz CT molecular complexity index is 3780. The molecule has 28 nitrogen and oxygen atoms in total. The summed E-state index contributed by atoms with van der Waals surface area (Å²) in [5.41, 5.74) is 6.33. The van der Waals surface area contributed by atoms with E-state index in [1.54, 1.807) is 72.6 Å². The molecule has 3 unspecified atom stereocenters. The molecule has 3 atom stereocenters. The SMILES string of the molecule is COc1ccc2c(c1)CN(CC1(C3CCN(c4ccccc4C#N)CC3)NC(=O)NC1=O)C2=O.COc1ccc2c(c1)CN(CC1(CNC3CCC(NC(=O)OC(C)(C)C)CC3)NC(=O)NC1=O)C2=O.NC(=O)CCC1(CN2Cc3ccc(Cl)cc3C2=O)NC(=O)NC1=O. The number of ether oxygens (including phenoxy) is 3. The fourth-order valence-electron chi connectivity index (χ4n) is 13.4. The third-order valence-electron chi connectivity index (χ3n) is 18.2. The van der Waals surface area contributed by atoms with E-state index in [-0.39, 0.29) is 74.7 Å². The first-order valence-electron chi connectivity index (χ1n) is 30.9. The highest BCUT2D eigenvalue weighted by Crippen LogP contribution is 2.38. The average Bonchev–Trinajstić information content (AvgIpc) is 1.60. The van der Waals surface area contributed by atoms with Crippen LogP contribution in [0.25, 0.3) is 0 Å². The minimum atomic E-state index is -1.37. The molecule has 12 rings (SSSR count). The number of amides is 14. The minimum absolute atomic E-state index is 0.0147. The molecule has 4 aromatic rings. The molecular weight excluding hydrogens is 1240 g/mol. The zero-order chi connectivity index (χ0) is 67.4. The summed E-state index contributed by atoms with van der Waals surface area (Å²) in [4.78, 5) is 143. The summed E-state index contributed by atoms with van der Waals surface area (Å²) in [5, 5.41) is 31.3. The lowest BCUT2D eigenvalue weighted by atomic mass is 9.77. The fraction of sp³-hybridized carbons (Fsp3) is 0.446. The lowest BCUT2D eigenvalue weighted by Crippen LogP contribution is -2.62. The van der Waals surface area contributed by atoms with Crippen molar-refractivity contribution in [2.75, 3.05) is 58.4 Å². The Morgan fingerprint density at radius 1 is 0.638 bits per heavy atom. The van der Waals surface area contributed by atoms with Gasteiger partial charge in [-0.1, -0.05) is 29.8 Å². The van der Waals surface area contributed by atoms with Gasteiger partial charge in [0.15, 0.2) is 5.54 Å². The van der Waals surface area contributed by atoms with Crippen LogP contribution in [0.5, 0.6) is 11.5 Å². The highest BCUT2D eigenvalue weighted by Gasteiger charge is 2.55. The Hall–Kier alpha value is -10.0. The van der Waals surface area contributed by atoms with Crippen LogP contribution in [-0.4, -0.2) is 168 Å². The van der Waals surface area contributed by atoms with E-state index in [9.17, 15) is 58.0 Å². The summed E-state index contributed by atoms with van der Waals surface area (Å²) in [7, 11) is 3.14. The quantitative estimate of drug-likeness (QED) is 0.0679. The first kappa shape index (κ1) is 66.9. The number of hydrogen-bond donors (Lipinski definition) is 9. The summed E-state index contributed by atoms with van der Waals surface area (Å²) >= 11 is 5.92. The molecule has 0 bridgehead atoms. The maximum atomic E-state index is 13.1. The molecule has 4 aromatic carbocycles. The number of halogens is 1. The van der Waals surface area contributed by atoms with Crippen LogP contribution in [0.1, 0.15) is 125 Å². The number of nitriles is 1. The number of nitrogens with two attached hydrogens (primary N) is 1. The Kier molecular flexibility index (Phi) is 19.4. The smallest absolute Gasteiger partial charge is 0.407 e. The number of fused-ring (bicyclic) bond motifs is 3. The van der Waals surface area contributed by atoms with Crippen LogP contribution in [0, 0.1) is 17.2 Å². The molecule has 7 aliphatic heterocycles. The monoisotopic (exact) mass is 1310 g/mol. The van der Waals surface area contributed by atoms with Gasteiger partial charge in [0.2, 0.25) is 5.91 Å². The second-order valence-electron chi connectivity index (χ2n) is 25.6. The molecule has 4 saturated heterocycles. The molecule has 10 N–H and O–H groups in total. The lowest BCUT2D eigenvalue weighted by Gasteiger charge is -2.42. The number of anilines is 1. The summed E-state index contributed by atoms with van der Waals surface area (Å²) in [6.07, 6.45) is 3.90. The molecule has 0 spiro atoms. The summed E-state index contributed by atoms with van der Waals surface area (Å²) < 4.78 is 15.9. The maximum Gasteiger partial charge on any atom is 0.407 e. The number of alkyl carbamates (subject to hydrolysis) is 1. The highest BCUT2D eigenvalue weighted by atomic mass is 35.5. The van der Waals surface area contributed by atoms with Crippen molar-refractivity contribution in [3.63, 3.8) is 0 Å². The van der Waals surface area contributed by atoms with E-state index in [0.717, 1.165) is 48.1 Å². The van der Waals surface area contributed by atoms with E-state index in [2.05, 4.69) is 53.5 Å². The van der Waals surface area contributed by atoms with Gasteiger partial charge in [0.25, 0.3) is 35.4 Å². The van der Waals surface area contributed by atoms with E-state index in [0.29, 0.717) is 84.3 Å². The summed E-state index contributed by atoms with van der Waals surface area (Å²) in [6.45, 7) is 8.01. The zero-order valence-electron chi connectivity index (χ0n) is 52.7. The van der Waals surface area contributed by atoms with Gasteiger partial charge in [-0.25, -0.2) is 19.2 Å². The van der Waals surface area contributed by atoms with Crippen molar-refractivity contribution in [2.24, 2.45) is 11.7 Å². The Balaban J connectivity index is 0.000000157. The first-order chi connectivity index (χ1) is 44.7. The number of carbonyl (C=O) groups is 11. The van der Waals surface area contributed by atoms with E-state index in [4.69, 9.17) is 31.5 Å². The second kappa shape index (κ2) is 27.3. The normalized spacial score (nSPS) is 23.6. The van der Waals surface area contributed by atoms with Crippen LogP contribution in [0.2, 0.25) is 5.02 Å². The van der Waals surface area contributed by atoms with Crippen molar-refractivity contribution in [3.05, 3.63) is 123 Å². The number of benzene rings is 4. The number of piperidine rings is 1. The van der Waals surface area contributed by atoms with E-state index >= 15 is 0 Å². The number of nitrogens with one attached hydrogen (secondary N) is 8. The molecule has 8 aliphatic rings. The van der Waals surface area contributed by atoms with E-state index in [1.807, 2.05) is 51.1 Å². The van der Waals surface area contributed by atoms with Crippen molar-refractivity contribution in [1.82, 2.24) is 57.2 Å². The molecule has 1 saturated carbocycles. The van der Waals surface area contributed by atoms with Crippen molar-refractivity contribution in [1.29, 1.82) is 5.26 Å². The number of nitrogens with zero attached hydrogens (tertiary/aromatic N) is 5. The van der Waals surface area contributed by atoms with Gasteiger partial charge in [-0.15, -0.1) is 0 Å². The number of urea groups is 3. The summed E-state index contributed by atoms with van der Waals surface area (Å²) in [5.74, 6) is -1.47. The number of primary amides is 1.